The van der Waals surface area contributed by atoms with Crippen LogP contribution in [-0.4, -0.2) is 72.5 Å². The number of phenols is 1. The first kappa shape index (κ1) is 23.1. The van der Waals surface area contributed by atoms with Gasteiger partial charge in [-0.2, -0.15) is 0 Å². The highest BCUT2D eigenvalue weighted by Crippen LogP contribution is 2.22. The molecule has 33 heavy (non-hydrogen) atoms. The Morgan fingerprint density at radius 2 is 1.64 bits per heavy atom. The molecule has 0 aliphatic carbocycles. The molecule has 2 amide bonds. The summed E-state index contributed by atoms with van der Waals surface area (Å²) in [5.74, 6) is 0.676. The van der Waals surface area contributed by atoms with E-state index in [1.807, 2.05) is 4.90 Å². The van der Waals surface area contributed by atoms with E-state index < -0.39 is 0 Å². The number of piperazine rings is 1. The fourth-order valence-electron chi connectivity index (χ4n) is 4.55. The number of rotatable bonds is 6. The highest BCUT2D eigenvalue weighted by atomic mass is 16.3. The first-order valence-corrected chi connectivity index (χ1v) is 11.8. The van der Waals surface area contributed by atoms with Crippen molar-refractivity contribution >= 4 is 23.2 Å². The summed E-state index contributed by atoms with van der Waals surface area (Å²) in [4.78, 5) is 31.8. The van der Waals surface area contributed by atoms with Gasteiger partial charge in [0.2, 0.25) is 11.8 Å². The number of phenolic OH excluding ortho intramolecular Hbond substituents is 1. The summed E-state index contributed by atoms with van der Waals surface area (Å²) in [6.07, 6.45) is 0.747. The van der Waals surface area contributed by atoms with Crippen molar-refractivity contribution in [3.05, 3.63) is 54.1 Å². The molecule has 7 heteroatoms. The first-order chi connectivity index (χ1) is 15.9. The van der Waals surface area contributed by atoms with Crippen LogP contribution in [0.2, 0.25) is 0 Å². The summed E-state index contributed by atoms with van der Waals surface area (Å²) in [6.45, 7) is 9.24. The van der Waals surface area contributed by atoms with Gasteiger partial charge < -0.3 is 20.2 Å². The van der Waals surface area contributed by atoms with Crippen LogP contribution in [0.4, 0.5) is 11.4 Å². The molecule has 0 spiro atoms. The smallest absolute Gasteiger partial charge is 0.236 e. The van der Waals surface area contributed by atoms with Crippen molar-refractivity contribution in [3.63, 3.8) is 0 Å². The van der Waals surface area contributed by atoms with Crippen molar-refractivity contribution in [1.82, 2.24) is 9.80 Å². The second-order valence-corrected chi connectivity index (χ2v) is 9.37. The van der Waals surface area contributed by atoms with E-state index in [0.717, 1.165) is 39.1 Å². The van der Waals surface area contributed by atoms with Crippen LogP contribution >= 0.6 is 0 Å². The molecule has 2 N–H and O–H groups in total. The number of carbonyl (C=O) groups is 2. The Labute approximate surface area is 196 Å². The minimum Gasteiger partial charge on any atom is -0.508 e. The highest BCUT2D eigenvalue weighted by molar-refractivity contribution is 5.93. The molecule has 0 saturated carbocycles. The molecule has 7 nitrogen and oxygen atoms in total. The maximum atomic E-state index is 12.9. The van der Waals surface area contributed by atoms with Gasteiger partial charge in [-0.25, -0.2) is 0 Å². The summed E-state index contributed by atoms with van der Waals surface area (Å²) >= 11 is 0. The second-order valence-electron chi connectivity index (χ2n) is 9.37. The zero-order valence-corrected chi connectivity index (χ0v) is 19.5. The largest absolute Gasteiger partial charge is 0.508 e. The molecule has 2 fully saturated rings. The van der Waals surface area contributed by atoms with Gasteiger partial charge in [0.25, 0.3) is 0 Å². The van der Waals surface area contributed by atoms with E-state index in [4.69, 9.17) is 0 Å². The van der Waals surface area contributed by atoms with Gasteiger partial charge in [-0.05, 0) is 60.8 Å². The predicted molar refractivity (Wildman–Crippen MR) is 131 cm³/mol. The fourth-order valence-corrected chi connectivity index (χ4v) is 4.55. The van der Waals surface area contributed by atoms with Gasteiger partial charge in [0, 0.05) is 44.1 Å². The Kier molecular flexibility index (Phi) is 7.18. The predicted octanol–water partition coefficient (Wildman–Crippen LogP) is 3.12. The Morgan fingerprint density at radius 1 is 0.970 bits per heavy atom. The van der Waals surface area contributed by atoms with Gasteiger partial charge in [0.15, 0.2) is 0 Å². The monoisotopic (exact) mass is 450 g/mol. The summed E-state index contributed by atoms with van der Waals surface area (Å²) in [6, 6.07) is 15.2. The number of benzene rings is 2. The topological polar surface area (TPSA) is 76.1 Å². The molecule has 1 atom stereocenters. The van der Waals surface area contributed by atoms with Crippen LogP contribution < -0.4 is 10.2 Å². The molecule has 2 aliphatic rings. The molecule has 2 heterocycles. The molecule has 0 bridgehead atoms. The van der Waals surface area contributed by atoms with Crippen LogP contribution in [0.25, 0.3) is 0 Å². The van der Waals surface area contributed by atoms with E-state index in [0.29, 0.717) is 24.7 Å². The minimum atomic E-state index is -0.128. The number of anilines is 2. The average Bonchev–Trinajstić information content (AvgIpc) is 3.29. The molecule has 2 saturated heterocycles. The first-order valence-electron chi connectivity index (χ1n) is 11.8. The van der Waals surface area contributed by atoms with Crippen molar-refractivity contribution in [3.8, 4) is 5.75 Å². The van der Waals surface area contributed by atoms with Gasteiger partial charge in [0.1, 0.15) is 5.75 Å². The normalized spacial score (nSPS) is 19.2. The van der Waals surface area contributed by atoms with E-state index in [1.54, 1.807) is 24.3 Å². The molecule has 2 aromatic rings. The van der Waals surface area contributed by atoms with Gasteiger partial charge >= 0.3 is 0 Å². The van der Waals surface area contributed by atoms with Crippen LogP contribution in [0.3, 0.4) is 0 Å². The number of hydrogen-bond donors (Lipinski definition) is 2. The molecular weight excluding hydrogens is 416 g/mol. The van der Waals surface area contributed by atoms with Crippen molar-refractivity contribution < 1.29 is 14.7 Å². The standard InChI is InChI=1S/C26H34N4O3/c1-19(2)20-3-7-23(8-4-20)29-13-15-30(16-14-29)25(32)18-28-12-11-21(17-28)26(33)27-22-5-9-24(31)10-6-22/h3-10,19,21,31H,11-18H2,1-2H3,(H,27,33)/t21-/m1/s1. The highest BCUT2D eigenvalue weighted by Gasteiger charge is 2.31. The van der Waals surface area contributed by atoms with E-state index >= 15 is 0 Å². The SMILES string of the molecule is CC(C)c1ccc(N2CCN(C(=O)CN3CC[C@@H](C(=O)Nc4ccc(O)cc4)C3)CC2)cc1. The lowest BCUT2D eigenvalue weighted by molar-refractivity contribution is -0.132. The van der Waals surface area contributed by atoms with Crippen LogP contribution in [0.15, 0.2) is 48.5 Å². The summed E-state index contributed by atoms with van der Waals surface area (Å²) in [7, 11) is 0. The summed E-state index contributed by atoms with van der Waals surface area (Å²) in [5, 5.41) is 12.3. The van der Waals surface area contributed by atoms with E-state index in [1.165, 1.54) is 11.3 Å². The van der Waals surface area contributed by atoms with Crippen molar-refractivity contribution in [2.24, 2.45) is 5.92 Å². The van der Waals surface area contributed by atoms with Crippen molar-refractivity contribution in [2.75, 3.05) is 56.0 Å². The number of nitrogens with one attached hydrogen (secondary N) is 1. The number of aromatic hydroxyl groups is 1. The number of nitrogens with zero attached hydrogens (tertiary/aromatic N) is 3. The Morgan fingerprint density at radius 3 is 2.27 bits per heavy atom. The van der Waals surface area contributed by atoms with Gasteiger partial charge in [0.05, 0.1) is 12.5 Å². The van der Waals surface area contributed by atoms with Crippen molar-refractivity contribution in [2.45, 2.75) is 26.2 Å². The lowest BCUT2D eigenvalue weighted by Crippen LogP contribution is -2.51. The van der Waals surface area contributed by atoms with Crippen LogP contribution in [0, 0.1) is 5.92 Å². The van der Waals surface area contributed by atoms with E-state index in [2.05, 4.69) is 53.2 Å². The molecule has 4 rings (SSSR count). The number of amides is 2. The lowest BCUT2D eigenvalue weighted by Gasteiger charge is -2.37. The van der Waals surface area contributed by atoms with Gasteiger partial charge in [-0.3, -0.25) is 14.5 Å². The van der Waals surface area contributed by atoms with Gasteiger partial charge in [-0.1, -0.05) is 26.0 Å². The third kappa shape index (κ3) is 5.85. The minimum absolute atomic E-state index is 0.0345. The number of carbonyl (C=O) groups excluding carboxylic acids is 2. The molecule has 176 valence electrons. The Hall–Kier alpha value is -3.06. The summed E-state index contributed by atoms with van der Waals surface area (Å²) < 4.78 is 0. The maximum Gasteiger partial charge on any atom is 0.236 e. The molecule has 2 aliphatic heterocycles. The fraction of sp³-hybridized carbons (Fsp3) is 0.462. The molecule has 2 aromatic carbocycles. The Balaban J connectivity index is 1.21. The molecule has 0 radical (unpaired) electrons. The number of hydrogen-bond acceptors (Lipinski definition) is 5. The summed E-state index contributed by atoms with van der Waals surface area (Å²) in [5.41, 5.74) is 3.23. The quantitative estimate of drug-likeness (QED) is 0.662. The van der Waals surface area contributed by atoms with Crippen LogP contribution in [-0.2, 0) is 9.59 Å². The molecule has 0 aromatic heterocycles. The second kappa shape index (κ2) is 10.3. The van der Waals surface area contributed by atoms with Crippen molar-refractivity contribution in [1.29, 1.82) is 0 Å². The van der Waals surface area contributed by atoms with Crippen LogP contribution in [0.1, 0.15) is 31.7 Å². The lowest BCUT2D eigenvalue weighted by atomic mass is 10.0. The van der Waals surface area contributed by atoms with E-state index in [9.17, 15) is 14.7 Å². The Bertz CT molecular complexity index is 951. The zero-order chi connectivity index (χ0) is 23.4. The third-order valence-corrected chi connectivity index (χ3v) is 6.69. The third-order valence-electron chi connectivity index (χ3n) is 6.69. The molecular formula is C26H34N4O3. The number of likely N-dealkylation sites (tertiary alicyclic amines) is 1. The van der Waals surface area contributed by atoms with Crippen LogP contribution in [0.5, 0.6) is 5.75 Å². The molecule has 0 unspecified atom stereocenters. The van der Waals surface area contributed by atoms with Gasteiger partial charge in [-0.15, -0.1) is 0 Å². The van der Waals surface area contributed by atoms with E-state index in [-0.39, 0.29) is 23.5 Å². The zero-order valence-electron chi connectivity index (χ0n) is 19.5. The average molecular weight is 451 g/mol. The maximum absolute atomic E-state index is 12.9.